The molecular weight excluding hydrogens is 315 g/mol. The Morgan fingerprint density at radius 2 is 1.81 bits per heavy atom. The third kappa shape index (κ3) is 3.28. The molecule has 0 saturated carbocycles. The van der Waals surface area contributed by atoms with Crippen molar-refractivity contribution in [3.8, 4) is 0 Å². The van der Waals surface area contributed by atoms with Crippen molar-refractivity contribution < 1.29 is 12.8 Å². The number of halogens is 2. The minimum absolute atomic E-state index is 0.0687. The standard InChI is InChI=1S/C14H14ClFN2O2S/c1-8-3-4-10(15)6-13(8)18-21(19,20)14-7-12(17)11(16)5-9(14)2/h3-7,18H,17H2,1-2H3. The van der Waals surface area contributed by atoms with Gasteiger partial charge in [0.05, 0.1) is 16.3 Å². The quantitative estimate of drug-likeness (QED) is 0.847. The van der Waals surface area contributed by atoms with Gasteiger partial charge < -0.3 is 5.73 Å². The highest BCUT2D eigenvalue weighted by Crippen LogP contribution is 2.26. The minimum Gasteiger partial charge on any atom is -0.396 e. The molecule has 0 aromatic heterocycles. The fourth-order valence-corrected chi connectivity index (χ4v) is 3.42. The van der Waals surface area contributed by atoms with E-state index in [4.69, 9.17) is 17.3 Å². The molecule has 2 aromatic rings. The third-order valence-corrected chi connectivity index (χ3v) is 4.77. The molecule has 0 radical (unpaired) electrons. The van der Waals surface area contributed by atoms with E-state index in [0.717, 1.165) is 17.7 Å². The van der Waals surface area contributed by atoms with Crippen molar-refractivity contribution in [2.24, 2.45) is 0 Å². The van der Waals surface area contributed by atoms with Crippen LogP contribution >= 0.6 is 11.6 Å². The van der Waals surface area contributed by atoms with Crippen molar-refractivity contribution in [3.05, 3.63) is 52.3 Å². The maximum atomic E-state index is 13.3. The van der Waals surface area contributed by atoms with Crippen molar-refractivity contribution in [2.45, 2.75) is 18.7 Å². The predicted molar refractivity (Wildman–Crippen MR) is 82.5 cm³/mol. The normalized spacial score (nSPS) is 11.4. The van der Waals surface area contributed by atoms with Gasteiger partial charge >= 0.3 is 0 Å². The van der Waals surface area contributed by atoms with Gasteiger partial charge in [0, 0.05) is 5.02 Å². The van der Waals surface area contributed by atoms with E-state index in [1.165, 1.54) is 13.0 Å². The molecule has 21 heavy (non-hydrogen) atoms. The van der Waals surface area contributed by atoms with Crippen molar-refractivity contribution in [3.63, 3.8) is 0 Å². The van der Waals surface area contributed by atoms with Gasteiger partial charge in [-0.2, -0.15) is 0 Å². The molecule has 3 N–H and O–H groups in total. The number of aryl methyl sites for hydroxylation is 2. The van der Waals surface area contributed by atoms with E-state index >= 15 is 0 Å². The molecular formula is C14H14ClFN2O2S. The Kier molecular flexibility index (Phi) is 4.11. The lowest BCUT2D eigenvalue weighted by Crippen LogP contribution is -2.15. The van der Waals surface area contributed by atoms with E-state index in [-0.39, 0.29) is 16.1 Å². The molecule has 0 fully saturated rings. The van der Waals surface area contributed by atoms with E-state index in [0.29, 0.717) is 10.7 Å². The van der Waals surface area contributed by atoms with Gasteiger partial charge in [-0.1, -0.05) is 17.7 Å². The van der Waals surface area contributed by atoms with E-state index in [1.54, 1.807) is 19.1 Å². The van der Waals surface area contributed by atoms with Crippen molar-refractivity contribution in [1.82, 2.24) is 0 Å². The average Bonchev–Trinajstić information content (AvgIpc) is 2.37. The first-order chi connectivity index (χ1) is 9.70. The number of hydrogen-bond acceptors (Lipinski definition) is 3. The monoisotopic (exact) mass is 328 g/mol. The second-order valence-electron chi connectivity index (χ2n) is 4.70. The summed E-state index contributed by atoms with van der Waals surface area (Å²) in [5.41, 5.74) is 6.58. The molecule has 0 atom stereocenters. The zero-order valence-corrected chi connectivity index (χ0v) is 13.0. The van der Waals surface area contributed by atoms with Gasteiger partial charge in [0.1, 0.15) is 5.82 Å². The second-order valence-corrected chi connectivity index (χ2v) is 6.79. The van der Waals surface area contributed by atoms with E-state index < -0.39 is 15.8 Å². The van der Waals surface area contributed by atoms with Crippen molar-refractivity contribution >= 4 is 33.0 Å². The Morgan fingerprint density at radius 3 is 2.48 bits per heavy atom. The van der Waals surface area contributed by atoms with Crippen LogP contribution in [0.5, 0.6) is 0 Å². The molecule has 112 valence electrons. The molecule has 0 saturated heterocycles. The number of rotatable bonds is 3. The van der Waals surface area contributed by atoms with E-state index in [1.807, 2.05) is 0 Å². The van der Waals surface area contributed by atoms with Gasteiger partial charge in [0.25, 0.3) is 10.0 Å². The summed E-state index contributed by atoms with van der Waals surface area (Å²) >= 11 is 5.86. The van der Waals surface area contributed by atoms with Gasteiger partial charge in [-0.05, 0) is 49.2 Å². The fraction of sp³-hybridized carbons (Fsp3) is 0.143. The Bertz CT molecular complexity index is 807. The van der Waals surface area contributed by atoms with Crippen LogP contribution < -0.4 is 10.5 Å². The number of sulfonamides is 1. The smallest absolute Gasteiger partial charge is 0.262 e. The number of nitrogens with two attached hydrogens (primary N) is 1. The van der Waals surface area contributed by atoms with E-state index in [2.05, 4.69) is 4.72 Å². The number of hydrogen-bond donors (Lipinski definition) is 2. The van der Waals surface area contributed by atoms with Gasteiger partial charge in [0.2, 0.25) is 0 Å². The van der Waals surface area contributed by atoms with Crippen LogP contribution in [0.25, 0.3) is 0 Å². The lowest BCUT2D eigenvalue weighted by molar-refractivity contribution is 0.599. The second kappa shape index (κ2) is 5.54. The fourth-order valence-electron chi connectivity index (χ4n) is 1.86. The molecule has 0 aliphatic rings. The molecule has 2 aromatic carbocycles. The van der Waals surface area contributed by atoms with Crippen LogP contribution in [0.2, 0.25) is 5.02 Å². The first-order valence-electron chi connectivity index (χ1n) is 6.05. The van der Waals surface area contributed by atoms with Crippen LogP contribution in [0.4, 0.5) is 15.8 Å². The van der Waals surface area contributed by atoms with Crippen LogP contribution in [0.15, 0.2) is 35.2 Å². The molecule has 0 aliphatic carbocycles. The summed E-state index contributed by atoms with van der Waals surface area (Å²) in [6, 6.07) is 7.07. The highest BCUT2D eigenvalue weighted by atomic mass is 35.5. The van der Waals surface area contributed by atoms with E-state index in [9.17, 15) is 12.8 Å². The SMILES string of the molecule is Cc1ccc(Cl)cc1NS(=O)(=O)c1cc(N)c(F)cc1C. The third-order valence-electron chi connectivity index (χ3n) is 3.03. The van der Waals surface area contributed by atoms with Gasteiger partial charge in [0.15, 0.2) is 0 Å². The molecule has 7 heteroatoms. The summed E-state index contributed by atoms with van der Waals surface area (Å²) in [4.78, 5) is -0.0687. The van der Waals surface area contributed by atoms with Crippen molar-refractivity contribution in [2.75, 3.05) is 10.5 Å². The molecule has 0 bridgehead atoms. The van der Waals surface area contributed by atoms with Gasteiger partial charge in [-0.3, -0.25) is 4.72 Å². The average molecular weight is 329 g/mol. The Labute approximate surface area is 127 Å². The highest BCUT2D eigenvalue weighted by Gasteiger charge is 2.20. The number of nitrogens with one attached hydrogen (secondary N) is 1. The van der Waals surface area contributed by atoms with Crippen LogP contribution in [-0.4, -0.2) is 8.42 Å². The number of benzene rings is 2. The summed E-state index contributed by atoms with van der Waals surface area (Å²) in [5.74, 6) is -0.648. The first kappa shape index (κ1) is 15.6. The molecule has 4 nitrogen and oxygen atoms in total. The molecule has 0 amide bonds. The largest absolute Gasteiger partial charge is 0.396 e. The Morgan fingerprint density at radius 1 is 1.14 bits per heavy atom. The maximum absolute atomic E-state index is 13.3. The number of nitrogen functional groups attached to an aromatic ring is 1. The van der Waals surface area contributed by atoms with Crippen LogP contribution in [0.1, 0.15) is 11.1 Å². The summed E-state index contributed by atoms with van der Waals surface area (Å²) in [5, 5.41) is 0.411. The van der Waals surface area contributed by atoms with Crippen LogP contribution in [0, 0.1) is 19.7 Å². The van der Waals surface area contributed by atoms with Crippen LogP contribution in [-0.2, 0) is 10.0 Å². The maximum Gasteiger partial charge on any atom is 0.262 e. The summed E-state index contributed by atoms with van der Waals surface area (Å²) in [6.45, 7) is 3.25. The lowest BCUT2D eigenvalue weighted by atomic mass is 10.2. The topological polar surface area (TPSA) is 72.2 Å². The lowest BCUT2D eigenvalue weighted by Gasteiger charge is -2.13. The first-order valence-corrected chi connectivity index (χ1v) is 7.91. The molecule has 0 aliphatic heterocycles. The summed E-state index contributed by atoms with van der Waals surface area (Å²) < 4.78 is 40.6. The molecule has 0 unspecified atom stereocenters. The minimum atomic E-state index is -3.88. The zero-order valence-electron chi connectivity index (χ0n) is 11.4. The molecule has 2 rings (SSSR count). The van der Waals surface area contributed by atoms with Gasteiger partial charge in [-0.15, -0.1) is 0 Å². The van der Waals surface area contributed by atoms with Crippen molar-refractivity contribution in [1.29, 1.82) is 0 Å². The molecule has 0 spiro atoms. The zero-order chi connectivity index (χ0) is 15.8. The summed E-state index contributed by atoms with van der Waals surface area (Å²) in [7, 11) is -3.88. The van der Waals surface area contributed by atoms with Gasteiger partial charge in [-0.25, -0.2) is 12.8 Å². The Balaban J connectivity index is 2.48. The van der Waals surface area contributed by atoms with Crippen LogP contribution in [0.3, 0.4) is 0 Å². The predicted octanol–water partition coefficient (Wildman–Crippen LogP) is 3.48. The Hall–Kier alpha value is -1.79. The molecule has 0 heterocycles. The summed E-state index contributed by atoms with van der Waals surface area (Å²) in [6.07, 6.45) is 0. The number of anilines is 2. The highest BCUT2D eigenvalue weighted by molar-refractivity contribution is 7.92.